The molecule has 1 radical (unpaired) electrons. The average molecular weight is 493 g/mol. The van der Waals surface area contributed by atoms with Crippen LogP contribution in [0.15, 0.2) is 18.3 Å². The van der Waals surface area contributed by atoms with Gasteiger partial charge in [0.25, 0.3) is 0 Å². The standard InChI is InChI=1S/C22H22N.Ir/c1-12-6-17(9-19-14-4-5-16(8-14)22(12)19)21-10-18-13-2-3-15(7-13)20(18)11-23-21;/h6,10-11,13-16H,2-5,7-8H2,1H3;/q-1;. The third-order valence-electron chi connectivity index (χ3n) is 7.15. The minimum atomic E-state index is 0. The maximum absolute atomic E-state index is 4.84. The maximum Gasteiger partial charge on any atom is 0.0198 e. The number of aryl methyl sites for hydroxylation is 1. The smallest absolute Gasteiger partial charge is 0.0198 e. The summed E-state index contributed by atoms with van der Waals surface area (Å²) in [6.45, 7) is 2.30. The molecule has 1 heterocycles. The Morgan fingerprint density at radius 2 is 1.62 bits per heavy atom. The van der Waals surface area contributed by atoms with E-state index >= 15 is 0 Å². The molecule has 0 aliphatic heterocycles. The molecule has 0 N–H and O–H groups in total. The first kappa shape index (κ1) is 15.3. The van der Waals surface area contributed by atoms with E-state index in [1.165, 1.54) is 55.2 Å². The molecule has 24 heavy (non-hydrogen) atoms. The van der Waals surface area contributed by atoms with Gasteiger partial charge in [-0.25, -0.2) is 0 Å². The van der Waals surface area contributed by atoms with Crippen molar-refractivity contribution in [2.75, 3.05) is 0 Å². The molecule has 1 aromatic carbocycles. The second kappa shape index (κ2) is 5.26. The molecule has 4 aliphatic rings. The summed E-state index contributed by atoms with van der Waals surface area (Å²) in [7, 11) is 0. The summed E-state index contributed by atoms with van der Waals surface area (Å²) in [5.74, 6) is 3.21. The SMILES string of the molecule is Cc1cc(-c2cc3c(cn2)C2CCC3C2)[c-]c2c1C1CCC2C1.[Ir]. The fraction of sp³-hybridized carbons (Fsp3) is 0.500. The Balaban J connectivity index is 0.00000131. The Kier molecular flexibility index (Phi) is 3.35. The number of hydrogen-bond donors (Lipinski definition) is 0. The Morgan fingerprint density at radius 1 is 0.917 bits per heavy atom. The predicted molar refractivity (Wildman–Crippen MR) is 91.9 cm³/mol. The van der Waals surface area contributed by atoms with Crippen molar-refractivity contribution in [1.29, 1.82) is 0 Å². The van der Waals surface area contributed by atoms with Gasteiger partial charge in [-0.2, -0.15) is 0 Å². The first-order chi connectivity index (χ1) is 11.3. The van der Waals surface area contributed by atoms with Crippen LogP contribution in [0, 0.1) is 13.0 Å². The van der Waals surface area contributed by atoms with Crippen molar-refractivity contribution in [3.8, 4) is 11.3 Å². The van der Waals surface area contributed by atoms with Gasteiger partial charge in [-0.15, -0.1) is 34.4 Å². The van der Waals surface area contributed by atoms with E-state index in [1.807, 2.05) is 0 Å². The number of aromatic nitrogens is 1. The van der Waals surface area contributed by atoms with Gasteiger partial charge >= 0.3 is 0 Å². The number of hydrogen-bond acceptors (Lipinski definition) is 1. The van der Waals surface area contributed by atoms with Gasteiger partial charge in [-0.1, -0.05) is 19.4 Å². The monoisotopic (exact) mass is 493 g/mol. The van der Waals surface area contributed by atoms with E-state index in [2.05, 4.69) is 31.3 Å². The van der Waals surface area contributed by atoms with Gasteiger partial charge in [0.1, 0.15) is 0 Å². The van der Waals surface area contributed by atoms with Crippen molar-refractivity contribution in [2.24, 2.45) is 0 Å². The summed E-state index contributed by atoms with van der Waals surface area (Å²) in [6.07, 6.45) is 10.5. The van der Waals surface area contributed by atoms with Crippen LogP contribution in [-0.4, -0.2) is 4.98 Å². The van der Waals surface area contributed by atoms with Gasteiger partial charge in [0.05, 0.1) is 0 Å². The van der Waals surface area contributed by atoms with Crippen LogP contribution in [0.25, 0.3) is 11.3 Å². The zero-order valence-corrected chi connectivity index (χ0v) is 16.5. The van der Waals surface area contributed by atoms with E-state index in [0.29, 0.717) is 0 Å². The van der Waals surface area contributed by atoms with E-state index in [0.717, 1.165) is 29.4 Å². The minimum absolute atomic E-state index is 0. The van der Waals surface area contributed by atoms with Crippen molar-refractivity contribution in [3.05, 3.63) is 52.2 Å². The normalized spacial score (nSPS) is 31.0. The first-order valence-corrected chi connectivity index (χ1v) is 9.35. The zero-order chi connectivity index (χ0) is 15.1. The second-order valence-electron chi connectivity index (χ2n) is 8.31. The van der Waals surface area contributed by atoms with Crippen LogP contribution in [0.1, 0.15) is 90.0 Å². The fourth-order valence-corrected chi connectivity index (χ4v) is 6.13. The Bertz CT molecular complexity index is 840. The van der Waals surface area contributed by atoms with Crippen LogP contribution in [0.2, 0.25) is 0 Å². The van der Waals surface area contributed by atoms with Gasteiger partial charge in [-0.3, -0.25) is 0 Å². The van der Waals surface area contributed by atoms with E-state index in [1.54, 1.807) is 16.7 Å². The molecule has 6 rings (SSSR count). The average Bonchev–Trinajstić information content (AvgIpc) is 3.34. The van der Waals surface area contributed by atoms with Crippen molar-refractivity contribution >= 4 is 0 Å². The third-order valence-corrected chi connectivity index (χ3v) is 7.15. The van der Waals surface area contributed by atoms with Crippen LogP contribution in [-0.2, 0) is 20.1 Å². The van der Waals surface area contributed by atoms with Crippen molar-refractivity contribution < 1.29 is 20.1 Å². The molecule has 4 bridgehead atoms. The molecule has 1 aromatic heterocycles. The Hall–Kier alpha value is -0.981. The minimum Gasteiger partial charge on any atom is -0.304 e. The molecule has 0 amide bonds. The summed E-state index contributed by atoms with van der Waals surface area (Å²) in [6, 6.07) is 8.53. The van der Waals surface area contributed by atoms with Crippen molar-refractivity contribution in [3.63, 3.8) is 0 Å². The number of nitrogens with zero attached hydrogens (tertiary/aromatic N) is 1. The van der Waals surface area contributed by atoms with Crippen LogP contribution >= 0.6 is 0 Å². The molecular weight excluding hydrogens is 470 g/mol. The Morgan fingerprint density at radius 3 is 2.50 bits per heavy atom. The molecule has 1 nitrogen and oxygen atoms in total. The van der Waals surface area contributed by atoms with Crippen LogP contribution in [0.5, 0.6) is 0 Å². The molecule has 2 heteroatoms. The number of fused-ring (bicyclic) bond motifs is 10. The number of pyridine rings is 1. The van der Waals surface area contributed by atoms with Gasteiger partial charge in [0.2, 0.25) is 0 Å². The van der Waals surface area contributed by atoms with Crippen molar-refractivity contribution in [2.45, 2.75) is 69.1 Å². The predicted octanol–water partition coefficient (Wildman–Crippen LogP) is 5.58. The van der Waals surface area contributed by atoms with Gasteiger partial charge in [0, 0.05) is 26.3 Å². The molecule has 0 saturated heterocycles. The molecule has 2 saturated carbocycles. The van der Waals surface area contributed by atoms with E-state index < -0.39 is 0 Å². The molecule has 2 fully saturated rings. The molecule has 4 atom stereocenters. The van der Waals surface area contributed by atoms with E-state index in [-0.39, 0.29) is 20.1 Å². The Labute approximate surface area is 157 Å². The number of benzene rings is 1. The van der Waals surface area contributed by atoms with Crippen LogP contribution in [0.4, 0.5) is 0 Å². The van der Waals surface area contributed by atoms with Gasteiger partial charge in [0.15, 0.2) is 0 Å². The molecule has 4 aliphatic carbocycles. The largest absolute Gasteiger partial charge is 0.304 e. The molecular formula is C22H22IrN-. The molecule has 2 aromatic rings. The summed E-state index contributed by atoms with van der Waals surface area (Å²) in [5.41, 5.74) is 10.2. The van der Waals surface area contributed by atoms with Gasteiger partial charge in [-0.05, 0) is 72.6 Å². The topological polar surface area (TPSA) is 12.9 Å². The zero-order valence-electron chi connectivity index (χ0n) is 14.1. The van der Waals surface area contributed by atoms with Crippen LogP contribution < -0.4 is 0 Å². The fourth-order valence-electron chi connectivity index (χ4n) is 6.13. The van der Waals surface area contributed by atoms with Gasteiger partial charge < -0.3 is 4.98 Å². The quantitative estimate of drug-likeness (QED) is 0.474. The van der Waals surface area contributed by atoms with Crippen molar-refractivity contribution in [1.82, 2.24) is 4.98 Å². The third kappa shape index (κ3) is 1.93. The van der Waals surface area contributed by atoms with E-state index in [9.17, 15) is 0 Å². The summed E-state index contributed by atoms with van der Waals surface area (Å²) < 4.78 is 0. The maximum atomic E-state index is 4.84. The summed E-state index contributed by atoms with van der Waals surface area (Å²) >= 11 is 0. The number of rotatable bonds is 1. The van der Waals surface area contributed by atoms with Crippen LogP contribution in [0.3, 0.4) is 0 Å². The summed E-state index contributed by atoms with van der Waals surface area (Å²) in [5, 5.41) is 0. The summed E-state index contributed by atoms with van der Waals surface area (Å²) in [4.78, 5) is 4.84. The molecule has 125 valence electrons. The first-order valence-electron chi connectivity index (χ1n) is 9.35. The van der Waals surface area contributed by atoms with E-state index in [4.69, 9.17) is 4.98 Å². The molecule has 0 spiro atoms. The second-order valence-corrected chi connectivity index (χ2v) is 8.31. The molecule has 4 unspecified atom stereocenters.